The van der Waals surface area contributed by atoms with Crippen LogP contribution in [-0.2, 0) is 0 Å². The lowest BCUT2D eigenvalue weighted by Gasteiger charge is -2.27. The molecule has 16 heavy (non-hydrogen) atoms. The smallest absolute Gasteiger partial charge is 0.294 e. The van der Waals surface area contributed by atoms with Gasteiger partial charge in [-0.05, 0) is 19.3 Å². The van der Waals surface area contributed by atoms with E-state index in [0.717, 1.165) is 25.9 Å². The highest BCUT2D eigenvalue weighted by molar-refractivity contribution is 5.91. The normalized spacial score (nSPS) is 15.9. The molecule has 1 aromatic heterocycles. The predicted octanol–water partition coefficient (Wildman–Crippen LogP) is 0.586. The zero-order valence-corrected chi connectivity index (χ0v) is 8.89. The minimum absolute atomic E-state index is 0.130. The van der Waals surface area contributed by atoms with Crippen LogP contribution >= 0.6 is 0 Å². The van der Waals surface area contributed by atoms with Crippen LogP contribution < -0.4 is 10.4 Å². The summed E-state index contributed by atoms with van der Waals surface area (Å²) in [5.41, 5.74) is 1.68. The molecule has 1 fully saturated rings. The molecule has 2 N–H and O–H groups in total. The second kappa shape index (κ2) is 4.89. The van der Waals surface area contributed by atoms with Gasteiger partial charge >= 0.3 is 0 Å². The van der Waals surface area contributed by atoms with E-state index in [-0.39, 0.29) is 5.69 Å². The molecule has 0 saturated carbocycles. The van der Waals surface area contributed by atoms with Gasteiger partial charge in [-0.15, -0.1) is 0 Å². The molecule has 0 spiro atoms. The quantitative estimate of drug-likeness (QED) is 0.565. The van der Waals surface area contributed by atoms with E-state index in [1.54, 1.807) is 11.7 Å². The third kappa shape index (κ3) is 2.27. The molecule has 0 unspecified atom stereocenters. The minimum atomic E-state index is -0.633. The number of nitrogens with zero attached hydrogens (tertiary/aromatic N) is 3. The van der Waals surface area contributed by atoms with Gasteiger partial charge in [-0.25, -0.2) is 10.5 Å². The Kier molecular flexibility index (Phi) is 3.31. The third-order valence-electron chi connectivity index (χ3n) is 2.64. The SMILES string of the molecule is O=C(NO)c1cncc(N2CCCCC2)n1. The number of carbonyl (C=O) groups is 1. The van der Waals surface area contributed by atoms with Crippen molar-refractivity contribution in [2.45, 2.75) is 19.3 Å². The summed E-state index contributed by atoms with van der Waals surface area (Å²) in [5, 5.41) is 8.51. The van der Waals surface area contributed by atoms with Gasteiger partial charge in [0.2, 0.25) is 0 Å². The van der Waals surface area contributed by atoms with E-state index >= 15 is 0 Å². The zero-order valence-electron chi connectivity index (χ0n) is 8.89. The average molecular weight is 222 g/mol. The molecular weight excluding hydrogens is 208 g/mol. The number of anilines is 1. The number of hydroxylamine groups is 1. The first-order chi connectivity index (χ1) is 7.81. The summed E-state index contributed by atoms with van der Waals surface area (Å²) in [4.78, 5) is 21.4. The maximum Gasteiger partial charge on any atom is 0.294 e. The van der Waals surface area contributed by atoms with E-state index in [1.165, 1.54) is 12.6 Å². The van der Waals surface area contributed by atoms with Crippen molar-refractivity contribution in [2.24, 2.45) is 0 Å². The molecule has 1 amide bonds. The molecule has 2 rings (SSSR count). The van der Waals surface area contributed by atoms with Crippen molar-refractivity contribution in [1.29, 1.82) is 0 Å². The minimum Gasteiger partial charge on any atom is -0.355 e. The van der Waals surface area contributed by atoms with Crippen LogP contribution in [0.4, 0.5) is 5.82 Å². The number of piperidine rings is 1. The first-order valence-electron chi connectivity index (χ1n) is 5.32. The van der Waals surface area contributed by atoms with Crippen LogP contribution in [0.3, 0.4) is 0 Å². The van der Waals surface area contributed by atoms with E-state index < -0.39 is 5.91 Å². The lowest BCUT2D eigenvalue weighted by atomic mass is 10.1. The summed E-state index contributed by atoms with van der Waals surface area (Å²) >= 11 is 0. The number of hydrogen-bond donors (Lipinski definition) is 2. The predicted molar refractivity (Wildman–Crippen MR) is 57.3 cm³/mol. The van der Waals surface area contributed by atoms with Crippen LogP contribution in [0.25, 0.3) is 0 Å². The van der Waals surface area contributed by atoms with Gasteiger partial charge in [-0.2, -0.15) is 0 Å². The fourth-order valence-corrected chi connectivity index (χ4v) is 1.80. The second-order valence-corrected chi connectivity index (χ2v) is 3.75. The Morgan fingerprint density at radius 1 is 1.31 bits per heavy atom. The summed E-state index contributed by atoms with van der Waals surface area (Å²) < 4.78 is 0. The third-order valence-corrected chi connectivity index (χ3v) is 2.64. The fraction of sp³-hybridized carbons (Fsp3) is 0.500. The maximum atomic E-state index is 11.2. The standard InChI is InChI=1S/C10H14N4O2/c15-10(13-16)8-6-11-7-9(12-8)14-4-2-1-3-5-14/h6-7,16H,1-5H2,(H,13,15). The Labute approximate surface area is 93.3 Å². The highest BCUT2D eigenvalue weighted by Crippen LogP contribution is 2.16. The van der Waals surface area contributed by atoms with E-state index in [0.29, 0.717) is 5.82 Å². The van der Waals surface area contributed by atoms with Crippen molar-refractivity contribution in [3.8, 4) is 0 Å². The number of aromatic nitrogens is 2. The van der Waals surface area contributed by atoms with Gasteiger partial charge in [0.05, 0.1) is 12.4 Å². The number of carbonyl (C=O) groups excluding carboxylic acids is 1. The highest BCUT2D eigenvalue weighted by Gasteiger charge is 2.14. The molecule has 86 valence electrons. The molecule has 1 saturated heterocycles. The molecule has 0 aliphatic carbocycles. The van der Waals surface area contributed by atoms with Crippen LogP contribution in [-0.4, -0.2) is 34.2 Å². The largest absolute Gasteiger partial charge is 0.355 e. The van der Waals surface area contributed by atoms with E-state index in [2.05, 4.69) is 14.9 Å². The molecule has 1 aliphatic heterocycles. The Hall–Kier alpha value is -1.69. The molecule has 2 heterocycles. The van der Waals surface area contributed by atoms with E-state index in [4.69, 9.17) is 5.21 Å². The van der Waals surface area contributed by atoms with Crippen molar-refractivity contribution in [3.63, 3.8) is 0 Å². The second-order valence-electron chi connectivity index (χ2n) is 3.75. The summed E-state index contributed by atoms with van der Waals surface area (Å²) in [6.07, 6.45) is 6.48. The van der Waals surface area contributed by atoms with Crippen molar-refractivity contribution in [2.75, 3.05) is 18.0 Å². The maximum absolute atomic E-state index is 11.2. The van der Waals surface area contributed by atoms with Gasteiger partial charge in [0.1, 0.15) is 5.82 Å². The number of amides is 1. The number of rotatable bonds is 2. The van der Waals surface area contributed by atoms with Crippen LogP contribution in [0.2, 0.25) is 0 Å². The Morgan fingerprint density at radius 2 is 2.06 bits per heavy atom. The van der Waals surface area contributed by atoms with Gasteiger partial charge < -0.3 is 4.90 Å². The van der Waals surface area contributed by atoms with Crippen molar-refractivity contribution in [3.05, 3.63) is 18.1 Å². The molecule has 0 bridgehead atoms. The van der Waals surface area contributed by atoms with Gasteiger partial charge in [0.25, 0.3) is 5.91 Å². The fourth-order valence-electron chi connectivity index (χ4n) is 1.80. The molecule has 6 heteroatoms. The average Bonchev–Trinajstić information content (AvgIpc) is 2.39. The molecule has 6 nitrogen and oxygen atoms in total. The summed E-state index contributed by atoms with van der Waals surface area (Å²) in [5.74, 6) is 0.0622. The number of nitrogens with one attached hydrogen (secondary N) is 1. The Balaban J connectivity index is 2.17. The van der Waals surface area contributed by atoms with Crippen LogP contribution in [0.1, 0.15) is 29.8 Å². The van der Waals surface area contributed by atoms with Crippen LogP contribution in [0.15, 0.2) is 12.4 Å². The molecule has 1 aromatic rings. The van der Waals surface area contributed by atoms with E-state index in [1.807, 2.05) is 0 Å². The van der Waals surface area contributed by atoms with Crippen molar-refractivity contribution in [1.82, 2.24) is 15.4 Å². The van der Waals surface area contributed by atoms with Crippen molar-refractivity contribution >= 4 is 11.7 Å². The summed E-state index contributed by atoms with van der Waals surface area (Å²) in [7, 11) is 0. The van der Waals surface area contributed by atoms with Crippen molar-refractivity contribution < 1.29 is 10.0 Å². The topological polar surface area (TPSA) is 78.3 Å². The van der Waals surface area contributed by atoms with Crippen LogP contribution in [0, 0.1) is 0 Å². The van der Waals surface area contributed by atoms with Gasteiger partial charge in [-0.3, -0.25) is 15.0 Å². The summed E-state index contributed by atoms with van der Waals surface area (Å²) in [6, 6.07) is 0. The summed E-state index contributed by atoms with van der Waals surface area (Å²) in [6.45, 7) is 1.89. The molecule has 0 radical (unpaired) electrons. The van der Waals surface area contributed by atoms with Gasteiger partial charge in [0, 0.05) is 13.1 Å². The lowest BCUT2D eigenvalue weighted by molar-refractivity contribution is 0.0700. The van der Waals surface area contributed by atoms with E-state index in [9.17, 15) is 4.79 Å². The molecule has 0 aromatic carbocycles. The van der Waals surface area contributed by atoms with Gasteiger partial charge in [-0.1, -0.05) is 0 Å². The Bertz CT molecular complexity index is 377. The molecular formula is C10H14N4O2. The molecule has 1 aliphatic rings. The monoisotopic (exact) mass is 222 g/mol. The van der Waals surface area contributed by atoms with Crippen LogP contribution in [0.5, 0.6) is 0 Å². The van der Waals surface area contributed by atoms with Gasteiger partial charge in [0.15, 0.2) is 5.69 Å². The first kappa shape index (κ1) is 10.8. The molecule has 0 atom stereocenters. The zero-order chi connectivity index (χ0) is 11.4. The number of hydrogen-bond acceptors (Lipinski definition) is 5. The lowest BCUT2D eigenvalue weighted by Crippen LogP contribution is -2.31. The highest BCUT2D eigenvalue weighted by atomic mass is 16.5. The Morgan fingerprint density at radius 3 is 2.75 bits per heavy atom. The first-order valence-corrected chi connectivity index (χ1v) is 5.32.